The summed E-state index contributed by atoms with van der Waals surface area (Å²) in [5, 5.41) is 6.24. The van der Waals surface area contributed by atoms with E-state index >= 15 is 0 Å². The van der Waals surface area contributed by atoms with Crippen molar-refractivity contribution >= 4 is 29.5 Å². The first-order valence-electron chi connectivity index (χ1n) is 14.6. The molecule has 2 heterocycles. The number of carbonyl (C=O) groups is 3. The molecule has 0 aliphatic carbocycles. The first-order chi connectivity index (χ1) is 18.3. The molecule has 210 valence electrons. The molecule has 0 bridgehead atoms. The van der Waals surface area contributed by atoms with E-state index in [9.17, 15) is 14.4 Å². The van der Waals surface area contributed by atoms with E-state index in [1.54, 1.807) is 4.90 Å². The highest BCUT2D eigenvalue weighted by Crippen LogP contribution is 2.34. The third kappa shape index (κ3) is 8.19. The molecule has 0 radical (unpaired) electrons. The van der Waals surface area contributed by atoms with Crippen molar-refractivity contribution < 1.29 is 14.4 Å². The maximum absolute atomic E-state index is 13.0. The lowest BCUT2D eigenvalue weighted by molar-refractivity contribution is -0.136. The van der Waals surface area contributed by atoms with Crippen molar-refractivity contribution in [2.24, 2.45) is 0 Å². The van der Waals surface area contributed by atoms with Gasteiger partial charge in [-0.25, -0.2) is 0 Å². The highest BCUT2D eigenvalue weighted by Gasteiger charge is 2.39. The maximum Gasteiger partial charge on any atom is 0.255 e. The average Bonchev–Trinajstić information content (AvgIpc) is 3.21. The SMILES string of the molecule is C=C(C)CC(CC)(CCC)NCCCCCCCCSc1cccc2c1CN(C1CCC(=O)NC1=O)C2=O. The Morgan fingerprint density at radius 3 is 2.55 bits per heavy atom. The number of rotatable bonds is 17. The van der Waals surface area contributed by atoms with E-state index in [0.717, 1.165) is 42.0 Å². The summed E-state index contributed by atoms with van der Waals surface area (Å²) in [5.74, 6) is 0.316. The number of hydrogen-bond donors (Lipinski definition) is 2. The minimum Gasteiger partial charge on any atom is -0.322 e. The second-order valence-electron chi connectivity index (χ2n) is 11.1. The summed E-state index contributed by atoms with van der Waals surface area (Å²) in [4.78, 5) is 39.6. The Hall–Kier alpha value is -2.12. The number of nitrogens with one attached hydrogen (secondary N) is 2. The van der Waals surface area contributed by atoms with Crippen LogP contribution in [0.5, 0.6) is 0 Å². The summed E-state index contributed by atoms with van der Waals surface area (Å²) in [7, 11) is 0. The van der Waals surface area contributed by atoms with Gasteiger partial charge in [0, 0.05) is 29.0 Å². The topological polar surface area (TPSA) is 78.5 Å². The molecule has 6 nitrogen and oxygen atoms in total. The van der Waals surface area contributed by atoms with Crippen LogP contribution in [0.25, 0.3) is 0 Å². The molecule has 2 unspecified atom stereocenters. The Morgan fingerprint density at radius 1 is 1.13 bits per heavy atom. The van der Waals surface area contributed by atoms with Crippen LogP contribution in [0.3, 0.4) is 0 Å². The van der Waals surface area contributed by atoms with Crippen LogP contribution in [-0.2, 0) is 16.1 Å². The quantitative estimate of drug-likeness (QED) is 0.103. The van der Waals surface area contributed by atoms with Gasteiger partial charge in [-0.2, -0.15) is 0 Å². The van der Waals surface area contributed by atoms with Gasteiger partial charge >= 0.3 is 0 Å². The Bertz CT molecular complexity index is 995. The van der Waals surface area contributed by atoms with E-state index in [1.165, 1.54) is 50.5 Å². The second-order valence-corrected chi connectivity index (χ2v) is 12.2. The molecule has 1 aromatic carbocycles. The Kier molecular flexibility index (Phi) is 11.9. The molecule has 7 heteroatoms. The zero-order valence-corrected chi connectivity index (χ0v) is 24.5. The van der Waals surface area contributed by atoms with E-state index in [2.05, 4.69) is 44.1 Å². The molecule has 0 spiro atoms. The highest BCUT2D eigenvalue weighted by atomic mass is 32.2. The number of hydrogen-bond acceptors (Lipinski definition) is 5. The molecule has 1 aromatic rings. The van der Waals surface area contributed by atoms with Crippen molar-refractivity contribution in [2.75, 3.05) is 12.3 Å². The van der Waals surface area contributed by atoms with Crippen LogP contribution in [0.1, 0.15) is 114 Å². The van der Waals surface area contributed by atoms with Gasteiger partial charge in [-0.3, -0.25) is 19.7 Å². The number of imide groups is 1. The fourth-order valence-electron chi connectivity index (χ4n) is 5.88. The zero-order valence-electron chi connectivity index (χ0n) is 23.7. The van der Waals surface area contributed by atoms with Gasteiger partial charge in [0.1, 0.15) is 6.04 Å². The fraction of sp³-hybridized carbons (Fsp3) is 0.645. The van der Waals surface area contributed by atoms with E-state index in [0.29, 0.717) is 18.5 Å². The van der Waals surface area contributed by atoms with Crippen LogP contribution in [0.4, 0.5) is 0 Å². The normalized spacial score (nSPS) is 18.9. The third-order valence-corrected chi connectivity index (χ3v) is 9.10. The minimum absolute atomic E-state index is 0.100. The molecular formula is C31H47N3O3S. The molecular weight excluding hydrogens is 494 g/mol. The predicted octanol–water partition coefficient (Wildman–Crippen LogP) is 6.39. The first-order valence-corrected chi connectivity index (χ1v) is 15.6. The fourth-order valence-corrected chi connectivity index (χ4v) is 6.98. The number of unbranched alkanes of at least 4 members (excludes halogenated alkanes) is 5. The van der Waals surface area contributed by atoms with E-state index in [-0.39, 0.29) is 29.7 Å². The minimum atomic E-state index is -0.559. The maximum atomic E-state index is 13.0. The molecule has 3 rings (SSSR count). The van der Waals surface area contributed by atoms with Gasteiger partial charge in [0.05, 0.1) is 0 Å². The predicted molar refractivity (Wildman–Crippen MR) is 156 cm³/mol. The van der Waals surface area contributed by atoms with Crippen LogP contribution >= 0.6 is 11.8 Å². The van der Waals surface area contributed by atoms with Crippen LogP contribution in [0.15, 0.2) is 35.2 Å². The molecule has 0 aromatic heterocycles. The second kappa shape index (κ2) is 14.9. The Labute approximate surface area is 233 Å². The zero-order chi connectivity index (χ0) is 27.5. The van der Waals surface area contributed by atoms with E-state index < -0.39 is 6.04 Å². The van der Waals surface area contributed by atoms with Crippen molar-refractivity contribution in [3.63, 3.8) is 0 Å². The summed E-state index contributed by atoms with van der Waals surface area (Å²) in [5.41, 5.74) is 3.21. The molecule has 3 amide bonds. The van der Waals surface area contributed by atoms with Crippen LogP contribution in [-0.4, -0.2) is 46.5 Å². The standard InChI is InChI=1S/C31H47N3O3S/c1-5-18-31(6-2,21-23(3)4)32-19-11-9-7-8-10-12-20-38-27-15-13-14-24-25(27)22-34(30(24)37)26-16-17-28(35)33-29(26)36/h13-15,26,32H,3,5-12,16-22H2,1-2,4H3,(H,33,35,36). The average molecular weight is 542 g/mol. The molecule has 38 heavy (non-hydrogen) atoms. The van der Waals surface area contributed by atoms with Gasteiger partial charge in [-0.05, 0) is 75.4 Å². The van der Waals surface area contributed by atoms with Gasteiger partial charge in [0.15, 0.2) is 0 Å². The molecule has 2 N–H and O–H groups in total. The third-order valence-electron chi connectivity index (χ3n) is 7.91. The smallest absolute Gasteiger partial charge is 0.255 e. The Balaban J connectivity index is 1.34. The summed E-state index contributed by atoms with van der Waals surface area (Å²) in [6.07, 6.45) is 12.7. The monoisotopic (exact) mass is 541 g/mol. The Morgan fingerprint density at radius 2 is 1.87 bits per heavy atom. The number of thioether (sulfide) groups is 1. The van der Waals surface area contributed by atoms with Crippen LogP contribution < -0.4 is 10.6 Å². The van der Waals surface area contributed by atoms with Gasteiger partial charge in [-0.15, -0.1) is 18.3 Å². The number of piperidine rings is 1. The van der Waals surface area contributed by atoms with Crippen LogP contribution in [0, 0.1) is 0 Å². The molecule has 0 saturated carbocycles. The molecule has 1 fully saturated rings. The number of nitrogens with zero attached hydrogens (tertiary/aromatic N) is 1. The number of fused-ring (bicyclic) bond motifs is 1. The number of benzene rings is 1. The first kappa shape index (κ1) is 30.4. The summed E-state index contributed by atoms with van der Waals surface area (Å²) in [6.45, 7) is 12.4. The van der Waals surface area contributed by atoms with Crippen molar-refractivity contribution in [1.82, 2.24) is 15.5 Å². The van der Waals surface area contributed by atoms with Crippen molar-refractivity contribution in [3.05, 3.63) is 41.5 Å². The lowest BCUT2D eigenvalue weighted by Gasteiger charge is -2.34. The largest absolute Gasteiger partial charge is 0.322 e. The lowest BCUT2D eigenvalue weighted by atomic mass is 9.84. The lowest BCUT2D eigenvalue weighted by Crippen LogP contribution is -2.52. The van der Waals surface area contributed by atoms with Gasteiger partial charge in [0.25, 0.3) is 5.91 Å². The van der Waals surface area contributed by atoms with E-state index in [1.807, 2.05) is 23.9 Å². The van der Waals surface area contributed by atoms with Crippen molar-refractivity contribution in [3.8, 4) is 0 Å². The van der Waals surface area contributed by atoms with E-state index in [4.69, 9.17) is 0 Å². The van der Waals surface area contributed by atoms with Crippen LogP contribution in [0.2, 0.25) is 0 Å². The highest BCUT2D eigenvalue weighted by molar-refractivity contribution is 7.99. The summed E-state index contributed by atoms with van der Waals surface area (Å²) in [6, 6.07) is 5.32. The molecule has 2 aliphatic heterocycles. The molecule has 2 atom stereocenters. The van der Waals surface area contributed by atoms with Crippen molar-refractivity contribution in [1.29, 1.82) is 0 Å². The van der Waals surface area contributed by atoms with Crippen molar-refractivity contribution in [2.45, 2.75) is 121 Å². The molecule has 1 saturated heterocycles. The molecule has 2 aliphatic rings. The van der Waals surface area contributed by atoms with Gasteiger partial charge in [-0.1, -0.05) is 57.6 Å². The summed E-state index contributed by atoms with van der Waals surface area (Å²) < 4.78 is 0. The summed E-state index contributed by atoms with van der Waals surface area (Å²) >= 11 is 1.81. The van der Waals surface area contributed by atoms with Gasteiger partial charge < -0.3 is 10.2 Å². The van der Waals surface area contributed by atoms with Gasteiger partial charge in [0.2, 0.25) is 11.8 Å². The number of carbonyl (C=O) groups excluding carboxylic acids is 3. The number of amides is 3.